The molecule has 44 heavy (non-hydrogen) atoms. The highest BCUT2D eigenvalue weighted by molar-refractivity contribution is 5.98. The lowest BCUT2D eigenvalue weighted by molar-refractivity contribution is -0.128. The van der Waals surface area contributed by atoms with Crippen molar-refractivity contribution in [1.82, 2.24) is 29.8 Å². The van der Waals surface area contributed by atoms with E-state index in [1.807, 2.05) is 108 Å². The first-order valence-electron chi connectivity index (χ1n) is 14.7. The number of carbonyl (C=O) groups is 2. The van der Waals surface area contributed by atoms with Crippen LogP contribution in [0.1, 0.15) is 54.9 Å². The van der Waals surface area contributed by atoms with Crippen LogP contribution in [0.3, 0.4) is 0 Å². The van der Waals surface area contributed by atoms with Crippen molar-refractivity contribution in [3.8, 4) is 11.5 Å². The number of aryl methyl sites for hydroxylation is 2. The second-order valence-corrected chi connectivity index (χ2v) is 10.7. The first kappa shape index (κ1) is 30.3. The molecule has 0 spiro atoms. The molecular formula is C34H38N6O4. The fourth-order valence-electron chi connectivity index (χ4n) is 5.37. The topological polar surface area (TPSA) is 104 Å². The van der Waals surface area contributed by atoms with Crippen molar-refractivity contribution < 1.29 is 19.1 Å². The van der Waals surface area contributed by atoms with Gasteiger partial charge in [-0.05, 0) is 80.4 Å². The molecule has 0 saturated heterocycles. The van der Waals surface area contributed by atoms with E-state index in [0.29, 0.717) is 32.2 Å². The van der Waals surface area contributed by atoms with Crippen LogP contribution >= 0.6 is 0 Å². The van der Waals surface area contributed by atoms with Crippen LogP contribution in [0.5, 0.6) is 11.5 Å². The number of hydrogen-bond donors (Lipinski definition) is 1. The predicted molar refractivity (Wildman–Crippen MR) is 170 cm³/mol. The minimum atomic E-state index is 0.0356. The Morgan fingerprint density at radius 2 is 1.25 bits per heavy atom. The van der Waals surface area contributed by atoms with Crippen molar-refractivity contribution in [2.45, 2.75) is 46.5 Å². The summed E-state index contributed by atoms with van der Waals surface area (Å²) >= 11 is 0. The molecule has 4 aromatic rings. The van der Waals surface area contributed by atoms with Crippen molar-refractivity contribution >= 4 is 34.6 Å². The zero-order valence-electron chi connectivity index (χ0n) is 25.8. The van der Waals surface area contributed by atoms with Gasteiger partial charge in [0.25, 0.3) is 0 Å². The summed E-state index contributed by atoms with van der Waals surface area (Å²) in [5, 5.41) is 11.8. The maximum absolute atomic E-state index is 12.4. The third-order valence-corrected chi connectivity index (χ3v) is 7.60. The van der Waals surface area contributed by atoms with E-state index in [1.54, 1.807) is 14.2 Å². The average molecular weight is 595 g/mol. The number of benzene rings is 2. The van der Waals surface area contributed by atoms with Gasteiger partial charge in [-0.15, -0.1) is 0 Å². The Morgan fingerprint density at radius 3 is 1.75 bits per heavy atom. The quantitative estimate of drug-likeness (QED) is 0.299. The number of allylic oxidation sites excluding steroid dienone is 2. The molecule has 0 aliphatic carbocycles. The standard InChI is InChI=1S/C18H21N3O2.C16H17N3O2/c1-4-20-17(22)10-9-16(21-12-13(2)11-19-21)18(20)14-5-7-15(23-3)8-6-14;1-11-9-17-19(10-11)14-7-8-15(20)18-16(14)12-3-5-13(21-2)6-4-12/h5-8,11-12H,4,9-10H2,1-3H3;3-6,9-10H,7-8H2,1-2H3,(H,18,20). The number of hydrogen-bond acceptors (Lipinski definition) is 6. The van der Waals surface area contributed by atoms with Crippen LogP contribution in [0.25, 0.3) is 22.8 Å². The Morgan fingerprint density at radius 1 is 0.727 bits per heavy atom. The van der Waals surface area contributed by atoms with Gasteiger partial charge in [0, 0.05) is 55.7 Å². The molecule has 0 fully saturated rings. The van der Waals surface area contributed by atoms with Crippen LogP contribution in [0.2, 0.25) is 0 Å². The molecule has 10 nitrogen and oxygen atoms in total. The molecule has 2 aromatic heterocycles. The number of amides is 2. The molecule has 1 N–H and O–H groups in total. The molecule has 2 amide bonds. The van der Waals surface area contributed by atoms with E-state index in [2.05, 4.69) is 15.5 Å². The fraction of sp³-hybridized carbons (Fsp3) is 0.294. The summed E-state index contributed by atoms with van der Waals surface area (Å²) in [5.41, 5.74) is 7.97. The van der Waals surface area contributed by atoms with E-state index in [9.17, 15) is 9.59 Å². The van der Waals surface area contributed by atoms with Crippen LogP contribution in [0, 0.1) is 13.8 Å². The van der Waals surface area contributed by atoms with E-state index < -0.39 is 0 Å². The Balaban J connectivity index is 0.000000175. The predicted octanol–water partition coefficient (Wildman–Crippen LogP) is 5.60. The Labute approximate surface area is 257 Å². The molecule has 0 radical (unpaired) electrons. The van der Waals surface area contributed by atoms with Gasteiger partial charge < -0.3 is 19.7 Å². The summed E-state index contributed by atoms with van der Waals surface area (Å²) in [6.45, 7) is 6.66. The van der Waals surface area contributed by atoms with Gasteiger partial charge in [-0.25, -0.2) is 9.36 Å². The molecule has 10 heteroatoms. The second kappa shape index (κ2) is 13.5. The molecule has 6 rings (SSSR count). The molecule has 0 saturated carbocycles. The summed E-state index contributed by atoms with van der Waals surface area (Å²) in [6, 6.07) is 15.5. The molecule has 0 bridgehead atoms. The van der Waals surface area contributed by atoms with Gasteiger partial charge in [0.05, 0.1) is 49.4 Å². The SMILES string of the molecule is CCN1C(=O)CCC(n2cc(C)cn2)=C1c1ccc(OC)cc1.COc1ccc(C2=C(n3cc(C)cn3)CCC(=O)N2)cc1. The normalized spacial score (nSPS) is 15.2. The summed E-state index contributed by atoms with van der Waals surface area (Å²) in [4.78, 5) is 25.9. The van der Waals surface area contributed by atoms with Crippen LogP contribution in [-0.2, 0) is 9.59 Å². The lowest BCUT2D eigenvalue weighted by atomic mass is 10.0. The van der Waals surface area contributed by atoms with E-state index >= 15 is 0 Å². The maximum atomic E-state index is 12.4. The molecule has 0 unspecified atom stereocenters. The Kier molecular flexibility index (Phi) is 9.28. The lowest BCUT2D eigenvalue weighted by Gasteiger charge is -2.31. The molecule has 0 atom stereocenters. The molecule has 4 heterocycles. The molecule has 228 valence electrons. The van der Waals surface area contributed by atoms with Crippen molar-refractivity contribution in [2.75, 3.05) is 20.8 Å². The van der Waals surface area contributed by atoms with Crippen LogP contribution < -0.4 is 14.8 Å². The Hall–Kier alpha value is -5.12. The Bertz CT molecular complexity index is 1700. The monoisotopic (exact) mass is 594 g/mol. The fourth-order valence-corrected chi connectivity index (χ4v) is 5.37. The number of ether oxygens (including phenoxy) is 2. The van der Waals surface area contributed by atoms with E-state index in [0.717, 1.165) is 56.5 Å². The largest absolute Gasteiger partial charge is 0.497 e. The number of aromatic nitrogens is 4. The van der Waals surface area contributed by atoms with Crippen LogP contribution in [0.15, 0.2) is 73.3 Å². The average Bonchev–Trinajstić information content (AvgIpc) is 3.69. The van der Waals surface area contributed by atoms with Crippen LogP contribution in [0.4, 0.5) is 0 Å². The highest BCUT2D eigenvalue weighted by Gasteiger charge is 2.28. The number of rotatable bonds is 7. The minimum Gasteiger partial charge on any atom is -0.497 e. The van der Waals surface area contributed by atoms with Gasteiger partial charge >= 0.3 is 0 Å². The zero-order chi connectivity index (χ0) is 31.2. The van der Waals surface area contributed by atoms with E-state index in [4.69, 9.17) is 9.47 Å². The third-order valence-electron chi connectivity index (χ3n) is 7.60. The maximum Gasteiger partial charge on any atom is 0.227 e. The van der Waals surface area contributed by atoms with Gasteiger partial charge in [0.1, 0.15) is 11.5 Å². The van der Waals surface area contributed by atoms with Crippen LogP contribution in [-0.4, -0.2) is 57.0 Å². The minimum absolute atomic E-state index is 0.0356. The molecule has 2 aliphatic heterocycles. The first-order valence-corrected chi connectivity index (χ1v) is 14.7. The third kappa shape index (κ3) is 6.59. The van der Waals surface area contributed by atoms with Gasteiger partial charge in [-0.2, -0.15) is 10.2 Å². The lowest BCUT2D eigenvalue weighted by Crippen LogP contribution is -2.34. The number of methoxy groups -OCH3 is 2. The summed E-state index contributed by atoms with van der Waals surface area (Å²) in [6.07, 6.45) is 9.99. The van der Waals surface area contributed by atoms with Gasteiger partial charge in [0.15, 0.2) is 0 Å². The van der Waals surface area contributed by atoms with Crippen molar-refractivity contribution in [3.05, 3.63) is 95.6 Å². The highest BCUT2D eigenvalue weighted by Crippen LogP contribution is 2.34. The number of nitrogens with one attached hydrogen (secondary N) is 1. The van der Waals surface area contributed by atoms with Crippen molar-refractivity contribution in [3.63, 3.8) is 0 Å². The van der Waals surface area contributed by atoms with E-state index in [-0.39, 0.29) is 11.8 Å². The zero-order valence-corrected chi connectivity index (χ0v) is 25.8. The first-order chi connectivity index (χ1) is 21.3. The second-order valence-electron chi connectivity index (χ2n) is 10.7. The highest BCUT2D eigenvalue weighted by atomic mass is 16.5. The van der Waals surface area contributed by atoms with Gasteiger partial charge in [0.2, 0.25) is 11.8 Å². The van der Waals surface area contributed by atoms with Gasteiger partial charge in [-0.3, -0.25) is 9.59 Å². The molecule has 2 aliphatic rings. The summed E-state index contributed by atoms with van der Waals surface area (Å²) < 4.78 is 14.1. The summed E-state index contributed by atoms with van der Waals surface area (Å²) in [5.74, 6) is 1.79. The smallest absolute Gasteiger partial charge is 0.227 e. The van der Waals surface area contributed by atoms with Crippen molar-refractivity contribution in [1.29, 1.82) is 0 Å². The molecule has 2 aromatic carbocycles. The number of carbonyl (C=O) groups excluding carboxylic acids is 2. The number of nitrogens with zero attached hydrogens (tertiary/aromatic N) is 5. The summed E-state index contributed by atoms with van der Waals surface area (Å²) in [7, 11) is 3.28. The molecular weight excluding hydrogens is 556 g/mol. The van der Waals surface area contributed by atoms with Crippen molar-refractivity contribution in [2.24, 2.45) is 0 Å². The van der Waals surface area contributed by atoms with E-state index in [1.165, 1.54) is 0 Å². The van der Waals surface area contributed by atoms with Gasteiger partial charge in [-0.1, -0.05) is 0 Å².